The van der Waals surface area contributed by atoms with Crippen LogP contribution in [0.4, 0.5) is 4.39 Å². The number of aliphatic hydroxyl groups excluding tert-OH is 1. The summed E-state index contributed by atoms with van der Waals surface area (Å²) in [5, 5.41) is 12.4. The molecule has 0 unspecified atom stereocenters. The third-order valence-corrected chi connectivity index (χ3v) is 4.43. The number of carbonyl (C=O) groups excluding carboxylic acids is 1. The molecule has 0 bridgehead atoms. The molecule has 0 saturated heterocycles. The molecule has 4 nitrogen and oxygen atoms in total. The highest BCUT2D eigenvalue weighted by Crippen LogP contribution is 2.13. The van der Waals surface area contributed by atoms with Gasteiger partial charge in [-0.2, -0.15) is 0 Å². The van der Waals surface area contributed by atoms with Crippen LogP contribution in [0.25, 0.3) is 0 Å². The van der Waals surface area contributed by atoms with Gasteiger partial charge in [0, 0.05) is 12.3 Å². The Hall–Kier alpha value is -2.05. The number of benzene rings is 2. The van der Waals surface area contributed by atoms with Crippen molar-refractivity contribution in [3.05, 3.63) is 66.0 Å². The molecule has 0 saturated carbocycles. The van der Waals surface area contributed by atoms with Gasteiger partial charge in [0.2, 0.25) is 0 Å². The largest absolute Gasteiger partial charge is 0.378 e. The molecule has 2 N–H and O–H groups in total. The number of nitrogens with one attached hydrogen (secondary N) is 1. The molecule has 2 atom stereocenters. The van der Waals surface area contributed by atoms with E-state index in [0.717, 1.165) is 0 Å². The zero-order chi connectivity index (χ0) is 15.9. The zero-order valence-corrected chi connectivity index (χ0v) is 12.6. The fraction of sp³-hybridized carbons (Fsp3) is 0.188. The van der Waals surface area contributed by atoms with Crippen LogP contribution in [0.1, 0.15) is 11.7 Å². The molecule has 0 aromatic heterocycles. The number of amides is 1. The van der Waals surface area contributed by atoms with Crippen molar-refractivity contribution in [1.82, 2.24) is 5.32 Å². The maximum absolute atomic E-state index is 13.5. The third-order valence-electron chi connectivity index (χ3n) is 3.03. The predicted octanol–water partition coefficient (Wildman–Crippen LogP) is 1.78. The highest BCUT2D eigenvalue weighted by Gasteiger charge is 2.17. The minimum atomic E-state index is -1.54. The van der Waals surface area contributed by atoms with E-state index in [1.54, 1.807) is 36.4 Å². The molecule has 1 amide bonds. The maximum atomic E-state index is 13.5. The molecule has 2 aromatic rings. The molecule has 0 heterocycles. The van der Waals surface area contributed by atoms with Crippen LogP contribution in [0.3, 0.4) is 0 Å². The molecule has 0 spiro atoms. The Bertz CT molecular complexity index is 663. The first kappa shape index (κ1) is 16.3. The molecule has 0 aliphatic heterocycles. The van der Waals surface area contributed by atoms with E-state index in [1.165, 1.54) is 18.2 Å². The summed E-state index contributed by atoms with van der Waals surface area (Å²) in [5.41, 5.74) is 0.482. The SMILES string of the molecule is O=C(NCC[S@](=O)c1ccccc1F)[C@@H](O)c1ccccc1. The van der Waals surface area contributed by atoms with Crippen LogP contribution in [-0.4, -0.2) is 27.5 Å². The Kier molecular flexibility index (Phi) is 5.80. The van der Waals surface area contributed by atoms with Crippen LogP contribution < -0.4 is 5.32 Å². The van der Waals surface area contributed by atoms with E-state index in [4.69, 9.17) is 0 Å². The molecule has 2 rings (SSSR count). The van der Waals surface area contributed by atoms with E-state index in [2.05, 4.69) is 5.32 Å². The topological polar surface area (TPSA) is 66.4 Å². The number of hydrogen-bond donors (Lipinski definition) is 2. The second-order valence-electron chi connectivity index (χ2n) is 4.58. The van der Waals surface area contributed by atoms with Crippen LogP contribution in [-0.2, 0) is 15.6 Å². The molecular weight excluding hydrogens is 305 g/mol. The molecule has 0 aliphatic rings. The summed E-state index contributed by atoms with van der Waals surface area (Å²) in [4.78, 5) is 11.9. The average Bonchev–Trinajstić information content (AvgIpc) is 2.55. The molecule has 116 valence electrons. The number of rotatable bonds is 6. The van der Waals surface area contributed by atoms with Gasteiger partial charge in [-0.25, -0.2) is 4.39 Å². The van der Waals surface area contributed by atoms with Crippen molar-refractivity contribution in [3.8, 4) is 0 Å². The van der Waals surface area contributed by atoms with Crippen molar-refractivity contribution < 1.29 is 18.5 Å². The summed E-state index contributed by atoms with van der Waals surface area (Å²) in [7, 11) is -1.54. The van der Waals surface area contributed by atoms with E-state index >= 15 is 0 Å². The van der Waals surface area contributed by atoms with Crippen molar-refractivity contribution in [3.63, 3.8) is 0 Å². The van der Waals surface area contributed by atoms with Gasteiger partial charge in [-0.1, -0.05) is 42.5 Å². The van der Waals surface area contributed by atoms with Crippen molar-refractivity contribution >= 4 is 16.7 Å². The minimum Gasteiger partial charge on any atom is -0.378 e. The summed E-state index contributed by atoms with van der Waals surface area (Å²) in [6.07, 6.45) is -1.27. The van der Waals surface area contributed by atoms with E-state index < -0.39 is 28.6 Å². The zero-order valence-electron chi connectivity index (χ0n) is 11.7. The van der Waals surface area contributed by atoms with E-state index in [9.17, 15) is 18.5 Å². The fourth-order valence-electron chi connectivity index (χ4n) is 1.89. The lowest BCUT2D eigenvalue weighted by Crippen LogP contribution is -2.32. The molecule has 0 fully saturated rings. The second-order valence-corrected chi connectivity index (χ2v) is 6.12. The monoisotopic (exact) mass is 321 g/mol. The Morgan fingerprint density at radius 2 is 1.77 bits per heavy atom. The summed E-state index contributed by atoms with van der Waals surface area (Å²) in [6.45, 7) is 0.0870. The number of aliphatic hydroxyl groups is 1. The van der Waals surface area contributed by atoms with E-state index in [0.29, 0.717) is 5.56 Å². The minimum absolute atomic E-state index is 0.0776. The number of carbonyl (C=O) groups is 1. The lowest BCUT2D eigenvalue weighted by molar-refractivity contribution is -0.129. The van der Waals surface area contributed by atoms with Crippen molar-refractivity contribution in [2.45, 2.75) is 11.0 Å². The van der Waals surface area contributed by atoms with Crippen molar-refractivity contribution in [1.29, 1.82) is 0 Å². The van der Waals surface area contributed by atoms with Gasteiger partial charge in [-0.3, -0.25) is 9.00 Å². The lowest BCUT2D eigenvalue weighted by Gasteiger charge is -2.11. The van der Waals surface area contributed by atoms with Crippen LogP contribution in [0.2, 0.25) is 0 Å². The van der Waals surface area contributed by atoms with Crippen LogP contribution in [0.5, 0.6) is 0 Å². The van der Waals surface area contributed by atoms with Gasteiger partial charge in [0.1, 0.15) is 5.82 Å². The molecule has 0 radical (unpaired) electrons. The van der Waals surface area contributed by atoms with Gasteiger partial charge in [0.05, 0.1) is 15.7 Å². The second kappa shape index (κ2) is 7.82. The summed E-state index contributed by atoms with van der Waals surface area (Å²) in [5.74, 6) is -1.03. The standard InChI is InChI=1S/C16H16FNO3S/c17-13-8-4-5-9-14(13)22(21)11-10-18-16(20)15(19)12-6-2-1-3-7-12/h1-9,15,19H,10-11H2,(H,18,20)/t15-,22-/m0/s1. The molecule has 22 heavy (non-hydrogen) atoms. The maximum Gasteiger partial charge on any atom is 0.253 e. The Balaban J connectivity index is 1.85. The highest BCUT2D eigenvalue weighted by molar-refractivity contribution is 7.85. The van der Waals surface area contributed by atoms with E-state index in [1.807, 2.05) is 0 Å². The first-order valence-corrected chi connectivity index (χ1v) is 8.05. The van der Waals surface area contributed by atoms with E-state index in [-0.39, 0.29) is 17.2 Å². The van der Waals surface area contributed by atoms with Crippen LogP contribution in [0, 0.1) is 5.82 Å². The van der Waals surface area contributed by atoms with Crippen molar-refractivity contribution in [2.75, 3.05) is 12.3 Å². The van der Waals surface area contributed by atoms with Gasteiger partial charge in [0.25, 0.3) is 5.91 Å². The average molecular weight is 321 g/mol. The van der Waals surface area contributed by atoms with Gasteiger partial charge < -0.3 is 10.4 Å². The molecule has 6 heteroatoms. The van der Waals surface area contributed by atoms with Crippen LogP contribution >= 0.6 is 0 Å². The summed E-state index contributed by atoms with van der Waals surface area (Å²) < 4.78 is 25.4. The van der Waals surface area contributed by atoms with Gasteiger partial charge in [0.15, 0.2) is 6.10 Å². The van der Waals surface area contributed by atoms with Gasteiger partial charge >= 0.3 is 0 Å². The van der Waals surface area contributed by atoms with Gasteiger partial charge in [-0.15, -0.1) is 0 Å². The molecular formula is C16H16FNO3S. The summed E-state index contributed by atoms with van der Waals surface area (Å²) >= 11 is 0. The third kappa shape index (κ3) is 4.22. The smallest absolute Gasteiger partial charge is 0.253 e. The number of halogens is 1. The number of hydrogen-bond acceptors (Lipinski definition) is 3. The normalized spacial score (nSPS) is 13.4. The van der Waals surface area contributed by atoms with Crippen molar-refractivity contribution in [2.24, 2.45) is 0 Å². The quantitative estimate of drug-likeness (QED) is 0.852. The first-order chi connectivity index (χ1) is 10.6. The molecule has 0 aliphatic carbocycles. The molecule has 2 aromatic carbocycles. The lowest BCUT2D eigenvalue weighted by atomic mass is 10.1. The Morgan fingerprint density at radius 3 is 2.45 bits per heavy atom. The fourth-order valence-corrected chi connectivity index (χ4v) is 2.91. The van der Waals surface area contributed by atoms with Gasteiger partial charge in [-0.05, 0) is 17.7 Å². The van der Waals surface area contributed by atoms with Crippen LogP contribution in [0.15, 0.2) is 59.5 Å². The predicted molar refractivity (Wildman–Crippen MR) is 82.1 cm³/mol. The highest BCUT2D eigenvalue weighted by atomic mass is 32.2. The Labute approximate surface area is 130 Å². The first-order valence-electron chi connectivity index (χ1n) is 6.73. The summed E-state index contributed by atoms with van der Waals surface area (Å²) in [6, 6.07) is 14.3. The Morgan fingerprint density at radius 1 is 1.14 bits per heavy atom.